The highest BCUT2D eigenvalue weighted by atomic mass is 79.9. The summed E-state index contributed by atoms with van der Waals surface area (Å²) in [6.07, 6.45) is 0. The topological polar surface area (TPSA) is 82.0 Å². The van der Waals surface area contributed by atoms with Gasteiger partial charge >= 0.3 is 0 Å². The third kappa shape index (κ3) is 1.83. The largest absolute Gasteiger partial charge is 0.396 e. The molecule has 0 bridgehead atoms. The summed E-state index contributed by atoms with van der Waals surface area (Å²) < 4.78 is 1.20. The summed E-state index contributed by atoms with van der Waals surface area (Å²) in [4.78, 5) is 14.8. The molecule has 70 valence electrons. The van der Waals surface area contributed by atoms with Crippen LogP contribution >= 0.6 is 31.9 Å². The number of hydrogen-bond donors (Lipinski definition) is 2. The highest BCUT2D eigenvalue weighted by molar-refractivity contribution is 9.11. The summed E-state index contributed by atoms with van der Waals surface area (Å²) in [7, 11) is 0. The first-order valence-electron chi connectivity index (χ1n) is 3.36. The molecule has 0 aromatic carbocycles. The second-order valence-electron chi connectivity index (χ2n) is 2.47. The SMILES string of the molecule is Cc1c(Br)nc(C(N)=O)c(N)c1Br. The number of carbonyl (C=O) groups excluding carboxylic acids is 1. The first-order valence-corrected chi connectivity index (χ1v) is 4.94. The molecule has 0 atom stereocenters. The van der Waals surface area contributed by atoms with Crippen LogP contribution < -0.4 is 11.5 Å². The number of nitrogens with zero attached hydrogens (tertiary/aromatic N) is 1. The van der Waals surface area contributed by atoms with Crippen molar-refractivity contribution in [2.75, 3.05) is 5.73 Å². The van der Waals surface area contributed by atoms with Gasteiger partial charge in [0.25, 0.3) is 5.91 Å². The Morgan fingerprint density at radius 2 is 2.00 bits per heavy atom. The van der Waals surface area contributed by atoms with Crippen molar-refractivity contribution in [3.63, 3.8) is 0 Å². The molecule has 4 N–H and O–H groups in total. The minimum Gasteiger partial charge on any atom is -0.396 e. The van der Waals surface area contributed by atoms with Crippen LogP contribution in [0, 0.1) is 6.92 Å². The van der Waals surface area contributed by atoms with Crippen molar-refractivity contribution in [2.24, 2.45) is 5.73 Å². The molecule has 1 aromatic heterocycles. The van der Waals surface area contributed by atoms with E-state index in [9.17, 15) is 4.79 Å². The number of nitrogen functional groups attached to an aromatic ring is 1. The van der Waals surface area contributed by atoms with Crippen LogP contribution in [0.2, 0.25) is 0 Å². The highest BCUT2D eigenvalue weighted by Crippen LogP contribution is 2.30. The van der Waals surface area contributed by atoms with Crippen LogP contribution in [0.4, 0.5) is 5.69 Å². The van der Waals surface area contributed by atoms with E-state index in [1.807, 2.05) is 6.92 Å². The average molecular weight is 309 g/mol. The Labute approximate surface area is 92.0 Å². The van der Waals surface area contributed by atoms with Gasteiger partial charge in [-0.3, -0.25) is 4.79 Å². The fraction of sp³-hybridized carbons (Fsp3) is 0.143. The molecule has 0 spiro atoms. The van der Waals surface area contributed by atoms with E-state index in [0.29, 0.717) is 9.08 Å². The number of rotatable bonds is 1. The summed E-state index contributed by atoms with van der Waals surface area (Å²) in [5, 5.41) is 0. The summed E-state index contributed by atoms with van der Waals surface area (Å²) in [6, 6.07) is 0. The third-order valence-corrected chi connectivity index (χ3v) is 3.37. The monoisotopic (exact) mass is 307 g/mol. The van der Waals surface area contributed by atoms with E-state index >= 15 is 0 Å². The number of amides is 1. The molecule has 1 rings (SSSR count). The average Bonchev–Trinajstić information content (AvgIpc) is 2.07. The number of pyridine rings is 1. The number of aromatic nitrogens is 1. The van der Waals surface area contributed by atoms with Gasteiger partial charge in [-0.1, -0.05) is 0 Å². The Kier molecular flexibility index (Phi) is 2.92. The van der Waals surface area contributed by atoms with E-state index in [0.717, 1.165) is 5.56 Å². The van der Waals surface area contributed by atoms with Crippen LogP contribution in [0.5, 0.6) is 0 Å². The van der Waals surface area contributed by atoms with Crippen LogP contribution in [0.1, 0.15) is 16.1 Å². The van der Waals surface area contributed by atoms with Crippen LogP contribution in [0.15, 0.2) is 9.08 Å². The molecule has 0 radical (unpaired) electrons. The van der Waals surface area contributed by atoms with Gasteiger partial charge in [-0.25, -0.2) is 4.98 Å². The van der Waals surface area contributed by atoms with Crippen molar-refractivity contribution in [2.45, 2.75) is 6.92 Å². The molecule has 1 aromatic rings. The van der Waals surface area contributed by atoms with Crippen molar-refractivity contribution in [1.82, 2.24) is 4.98 Å². The minimum atomic E-state index is -0.640. The summed E-state index contributed by atoms with van der Waals surface area (Å²) >= 11 is 6.44. The van der Waals surface area contributed by atoms with Gasteiger partial charge < -0.3 is 11.5 Å². The number of primary amides is 1. The van der Waals surface area contributed by atoms with Crippen molar-refractivity contribution in [1.29, 1.82) is 0 Å². The van der Waals surface area contributed by atoms with Crippen LogP contribution in [0.25, 0.3) is 0 Å². The number of halogens is 2. The van der Waals surface area contributed by atoms with Crippen molar-refractivity contribution in [3.05, 3.63) is 20.3 Å². The standard InChI is InChI=1S/C7H7Br2N3O/c1-2-3(8)4(10)5(7(11)13)12-6(2)9/h10H2,1H3,(H2,11,13). The van der Waals surface area contributed by atoms with Gasteiger partial charge in [0.05, 0.1) is 5.69 Å². The zero-order valence-corrected chi connectivity index (χ0v) is 9.94. The predicted molar refractivity (Wildman–Crippen MR) is 57.3 cm³/mol. The molecular formula is C7H7Br2N3O. The van der Waals surface area contributed by atoms with E-state index in [4.69, 9.17) is 11.5 Å². The lowest BCUT2D eigenvalue weighted by atomic mass is 10.2. The molecular weight excluding hydrogens is 302 g/mol. The second-order valence-corrected chi connectivity index (χ2v) is 4.01. The summed E-state index contributed by atoms with van der Waals surface area (Å²) in [6.45, 7) is 1.82. The van der Waals surface area contributed by atoms with Gasteiger partial charge in [0.1, 0.15) is 4.60 Å². The van der Waals surface area contributed by atoms with Gasteiger partial charge in [0.15, 0.2) is 5.69 Å². The van der Waals surface area contributed by atoms with Crippen molar-refractivity contribution in [3.8, 4) is 0 Å². The van der Waals surface area contributed by atoms with Crippen molar-refractivity contribution >= 4 is 43.5 Å². The molecule has 0 saturated carbocycles. The maximum atomic E-state index is 10.9. The maximum Gasteiger partial charge on any atom is 0.269 e. The molecule has 4 nitrogen and oxygen atoms in total. The van der Waals surface area contributed by atoms with Crippen LogP contribution in [-0.2, 0) is 0 Å². The number of nitrogens with two attached hydrogens (primary N) is 2. The maximum absolute atomic E-state index is 10.9. The summed E-state index contributed by atoms with van der Waals surface area (Å²) in [5.41, 5.74) is 11.9. The third-order valence-electron chi connectivity index (χ3n) is 1.57. The molecule has 0 fully saturated rings. The quantitative estimate of drug-likeness (QED) is 0.773. The second kappa shape index (κ2) is 3.63. The Morgan fingerprint density at radius 1 is 1.46 bits per heavy atom. The molecule has 0 aliphatic heterocycles. The molecule has 1 heterocycles. The van der Waals surface area contributed by atoms with Gasteiger partial charge in [0, 0.05) is 4.47 Å². The Balaban J connectivity index is 3.50. The van der Waals surface area contributed by atoms with E-state index in [1.54, 1.807) is 0 Å². The molecule has 13 heavy (non-hydrogen) atoms. The highest BCUT2D eigenvalue weighted by Gasteiger charge is 2.15. The zero-order chi connectivity index (χ0) is 10.2. The molecule has 0 unspecified atom stereocenters. The molecule has 0 saturated heterocycles. The minimum absolute atomic E-state index is 0.0735. The first kappa shape index (κ1) is 10.5. The molecule has 0 aliphatic rings. The normalized spacial score (nSPS) is 10.1. The predicted octanol–water partition coefficient (Wildman–Crippen LogP) is 1.60. The lowest BCUT2D eigenvalue weighted by Crippen LogP contribution is -2.16. The van der Waals surface area contributed by atoms with Gasteiger partial charge in [-0.05, 0) is 44.3 Å². The summed E-state index contributed by atoms with van der Waals surface area (Å²) in [5.74, 6) is -0.640. The molecule has 1 amide bonds. The van der Waals surface area contributed by atoms with E-state index in [2.05, 4.69) is 36.8 Å². The number of anilines is 1. The fourth-order valence-corrected chi connectivity index (χ4v) is 1.84. The lowest BCUT2D eigenvalue weighted by Gasteiger charge is -2.07. The lowest BCUT2D eigenvalue weighted by molar-refractivity contribution is 0.0996. The molecule has 0 aliphatic carbocycles. The first-order chi connectivity index (χ1) is 5.95. The van der Waals surface area contributed by atoms with E-state index in [-0.39, 0.29) is 11.4 Å². The zero-order valence-electron chi connectivity index (χ0n) is 6.77. The molecule has 6 heteroatoms. The Bertz CT molecular complexity index is 378. The number of hydrogen-bond acceptors (Lipinski definition) is 3. The Morgan fingerprint density at radius 3 is 2.46 bits per heavy atom. The smallest absolute Gasteiger partial charge is 0.269 e. The van der Waals surface area contributed by atoms with Crippen molar-refractivity contribution < 1.29 is 4.79 Å². The van der Waals surface area contributed by atoms with Gasteiger partial charge in [0.2, 0.25) is 0 Å². The van der Waals surface area contributed by atoms with E-state index < -0.39 is 5.91 Å². The fourth-order valence-electron chi connectivity index (χ4n) is 0.827. The van der Waals surface area contributed by atoms with Crippen LogP contribution in [0.3, 0.4) is 0 Å². The van der Waals surface area contributed by atoms with Crippen LogP contribution in [-0.4, -0.2) is 10.9 Å². The van der Waals surface area contributed by atoms with Gasteiger partial charge in [-0.2, -0.15) is 0 Å². The Hall–Kier alpha value is -0.620. The van der Waals surface area contributed by atoms with Gasteiger partial charge in [-0.15, -0.1) is 0 Å². The van der Waals surface area contributed by atoms with E-state index in [1.165, 1.54) is 0 Å². The number of carbonyl (C=O) groups is 1.